The first-order valence-electron chi connectivity index (χ1n) is 8.02. The third-order valence-electron chi connectivity index (χ3n) is 4.52. The lowest BCUT2D eigenvalue weighted by Gasteiger charge is -2.36. The first kappa shape index (κ1) is 16.3. The van der Waals surface area contributed by atoms with Crippen LogP contribution in [0.15, 0.2) is 18.2 Å². The second-order valence-electron chi connectivity index (χ2n) is 6.21. The fourth-order valence-corrected chi connectivity index (χ4v) is 3.97. The van der Waals surface area contributed by atoms with Crippen molar-refractivity contribution in [3.8, 4) is 0 Å². The number of nitrogens with zero attached hydrogens (tertiary/aromatic N) is 2. The fourth-order valence-electron chi connectivity index (χ4n) is 3.04. The van der Waals surface area contributed by atoms with Crippen LogP contribution in [0.1, 0.15) is 21.5 Å². The summed E-state index contributed by atoms with van der Waals surface area (Å²) in [6, 6.07) is 5.91. The molecule has 23 heavy (non-hydrogen) atoms. The van der Waals surface area contributed by atoms with Gasteiger partial charge in [-0.15, -0.1) is 11.8 Å². The number of hydrogen-bond donors (Lipinski definition) is 1. The van der Waals surface area contributed by atoms with Crippen LogP contribution in [-0.4, -0.2) is 65.5 Å². The summed E-state index contributed by atoms with van der Waals surface area (Å²) in [6.45, 7) is 6.43. The first-order valence-corrected chi connectivity index (χ1v) is 9.18. The summed E-state index contributed by atoms with van der Waals surface area (Å²) >= 11 is 1.76. The molecular weight excluding hydrogens is 310 g/mol. The van der Waals surface area contributed by atoms with Gasteiger partial charge in [-0.2, -0.15) is 0 Å². The molecule has 1 aromatic carbocycles. The molecule has 1 N–H and O–H groups in total. The molecule has 1 atom stereocenters. The second-order valence-corrected chi connectivity index (χ2v) is 7.24. The minimum Gasteiger partial charge on any atom is -0.338 e. The molecular formula is C17H23N3O2S. The van der Waals surface area contributed by atoms with E-state index < -0.39 is 0 Å². The molecule has 2 aliphatic heterocycles. The molecule has 6 heteroatoms. The molecule has 3 rings (SSSR count). The standard InChI is InChI=1S/C17H23N3O2S/c1-12-3-4-13(2)14(9-12)16(21)19-5-7-20(8-6-19)17(22)15-10-23-11-18-15/h3-4,9,15,18H,5-8,10-11H2,1-2H3. The van der Waals surface area contributed by atoms with Gasteiger partial charge in [-0.3, -0.25) is 14.9 Å². The number of rotatable bonds is 2. The van der Waals surface area contributed by atoms with Gasteiger partial charge in [0.05, 0.1) is 6.04 Å². The van der Waals surface area contributed by atoms with Crippen molar-refractivity contribution in [1.82, 2.24) is 15.1 Å². The molecule has 0 radical (unpaired) electrons. The van der Waals surface area contributed by atoms with Gasteiger partial charge in [-0.1, -0.05) is 17.7 Å². The number of nitrogens with one attached hydrogen (secondary N) is 1. The van der Waals surface area contributed by atoms with Crippen molar-refractivity contribution in [3.05, 3.63) is 34.9 Å². The number of benzene rings is 1. The maximum Gasteiger partial charge on any atom is 0.254 e. The molecule has 0 bridgehead atoms. The Morgan fingerprint density at radius 2 is 1.83 bits per heavy atom. The van der Waals surface area contributed by atoms with E-state index >= 15 is 0 Å². The van der Waals surface area contributed by atoms with E-state index in [0.29, 0.717) is 26.2 Å². The number of carbonyl (C=O) groups excluding carboxylic acids is 2. The zero-order valence-corrected chi connectivity index (χ0v) is 14.5. The van der Waals surface area contributed by atoms with Crippen LogP contribution in [-0.2, 0) is 4.79 Å². The SMILES string of the molecule is Cc1ccc(C)c(C(=O)N2CCN(C(=O)C3CSCN3)CC2)c1. The molecule has 2 amide bonds. The molecule has 2 saturated heterocycles. The van der Waals surface area contributed by atoms with E-state index in [0.717, 1.165) is 28.3 Å². The van der Waals surface area contributed by atoms with Crippen molar-refractivity contribution in [2.75, 3.05) is 37.8 Å². The number of amides is 2. The van der Waals surface area contributed by atoms with E-state index in [4.69, 9.17) is 0 Å². The molecule has 2 fully saturated rings. The Bertz CT molecular complexity index is 606. The zero-order chi connectivity index (χ0) is 16.4. The van der Waals surface area contributed by atoms with Crippen LogP contribution in [0.5, 0.6) is 0 Å². The Labute approximate surface area is 141 Å². The van der Waals surface area contributed by atoms with Crippen molar-refractivity contribution in [2.24, 2.45) is 0 Å². The van der Waals surface area contributed by atoms with Crippen LogP contribution >= 0.6 is 11.8 Å². The van der Waals surface area contributed by atoms with Crippen molar-refractivity contribution < 1.29 is 9.59 Å². The average Bonchev–Trinajstić information content (AvgIpc) is 3.10. The van der Waals surface area contributed by atoms with Gasteiger partial charge < -0.3 is 9.80 Å². The van der Waals surface area contributed by atoms with Gasteiger partial charge in [-0.25, -0.2) is 0 Å². The van der Waals surface area contributed by atoms with Gasteiger partial charge in [0.25, 0.3) is 5.91 Å². The quantitative estimate of drug-likeness (QED) is 0.885. The van der Waals surface area contributed by atoms with Crippen molar-refractivity contribution in [1.29, 1.82) is 0 Å². The lowest BCUT2D eigenvalue weighted by atomic mass is 10.0. The molecule has 0 aliphatic carbocycles. The van der Waals surface area contributed by atoms with Crippen molar-refractivity contribution in [2.45, 2.75) is 19.9 Å². The normalized spacial score (nSPS) is 21.6. The van der Waals surface area contributed by atoms with Crippen LogP contribution < -0.4 is 5.32 Å². The minimum atomic E-state index is -0.0544. The van der Waals surface area contributed by atoms with E-state index in [-0.39, 0.29) is 17.9 Å². The van der Waals surface area contributed by atoms with Crippen LogP contribution in [0.25, 0.3) is 0 Å². The monoisotopic (exact) mass is 333 g/mol. The molecule has 0 spiro atoms. The molecule has 0 saturated carbocycles. The maximum atomic E-state index is 12.7. The summed E-state index contributed by atoms with van der Waals surface area (Å²) in [5.41, 5.74) is 2.88. The van der Waals surface area contributed by atoms with Crippen molar-refractivity contribution >= 4 is 23.6 Å². The summed E-state index contributed by atoms with van der Waals surface area (Å²) in [7, 11) is 0. The number of piperazine rings is 1. The number of hydrogen-bond acceptors (Lipinski definition) is 4. The summed E-state index contributed by atoms with van der Waals surface area (Å²) in [4.78, 5) is 28.9. The molecule has 1 aromatic rings. The van der Waals surface area contributed by atoms with E-state index in [2.05, 4.69) is 5.32 Å². The Hall–Kier alpha value is -1.53. The Balaban J connectivity index is 1.61. The number of thioether (sulfide) groups is 1. The van der Waals surface area contributed by atoms with Crippen LogP contribution in [0.3, 0.4) is 0 Å². The number of aryl methyl sites for hydroxylation is 2. The Morgan fingerprint density at radius 1 is 1.13 bits per heavy atom. The van der Waals surface area contributed by atoms with E-state index in [9.17, 15) is 9.59 Å². The van der Waals surface area contributed by atoms with Gasteiger partial charge >= 0.3 is 0 Å². The Kier molecular flexibility index (Phi) is 4.92. The summed E-state index contributed by atoms with van der Waals surface area (Å²) in [5.74, 6) is 1.95. The lowest BCUT2D eigenvalue weighted by molar-refractivity contribution is -0.134. The molecule has 2 aliphatic rings. The van der Waals surface area contributed by atoms with Gasteiger partial charge in [0.1, 0.15) is 0 Å². The predicted octanol–water partition coefficient (Wildman–Crippen LogP) is 1.25. The molecule has 124 valence electrons. The van der Waals surface area contributed by atoms with Gasteiger partial charge in [0.2, 0.25) is 5.91 Å². The van der Waals surface area contributed by atoms with Crippen molar-refractivity contribution in [3.63, 3.8) is 0 Å². The van der Waals surface area contributed by atoms with Gasteiger partial charge in [-0.05, 0) is 25.5 Å². The van der Waals surface area contributed by atoms with E-state index in [1.54, 1.807) is 11.8 Å². The maximum absolute atomic E-state index is 12.7. The highest BCUT2D eigenvalue weighted by molar-refractivity contribution is 7.99. The summed E-state index contributed by atoms with van der Waals surface area (Å²) < 4.78 is 0. The topological polar surface area (TPSA) is 52.7 Å². The predicted molar refractivity (Wildman–Crippen MR) is 92.6 cm³/mol. The second kappa shape index (κ2) is 6.93. The molecule has 0 aromatic heterocycles. The molecule has 5 nitrogen and oxygen atoms in total. The van der Waals surface area contributed by atoms with Gasteiger partial charge in [0.15, 0.2) is 0 Å². The molecule has 2 heterocycles. The lowest BCUT2D eigenvalue weighted by Crippen LogP contribution is -2.54. The highest BCUT2D eigenvalue weighted by atomic mass is 32.2. The van der Waals surface area contributed by atoms with Gasteiger partial charge in [0, 0.05) is 43.4 Å². The summed E-state index contributed by atoms with van der Waals surface area (Å²) in [6.07, 6.45) is 0. The fraction of sp³-hybridized carbons (Fsp3) is 0.529. The number of carbonyl (C=O) groups is 2. The van der Waals surface area contributed by atoms with E-state index in [1.807, 2.05) is 41.8 Å². The minimum absolute atomic E-state index is 0.0544. The summed E-state index contributed by atoms with van der Waals surface area (Å²) in [5, 5.41) is 3.22. The van der Waals surface area contributed by atoms with Crippen LogP contribution in [0, 0.1) is 13.8 Å². The zero-order valence-electron chi connectivity index (χ0n) is 13.7. The largest absolute Gasteiger partial charge is 0.338 e. The highest BCUT2D eigenvalue weighted by Gasteiger charge is 2.31. The smallest absolute Gasteiger partial charge is 0.254 e. The highest BCUT2D eigenvalue weighted by Crippen LogP contribution is 2.17. The Morgan fingerprint density at radius 3 is 2.48 bits per heavy atom. The van der Waals surface area contributed by atoms with E-state index in [1.165, 1.54) is 0 Å². The molecule has 1 unspecified atom stereocenters. The third-order valence-corrected chi connectivity index (χ3v) is 5.46. The van der Waals surface area contributed by atoms with Crippen LogP contribution in [0.4, 0.5) is 0 Å². The van der Waals surface area contributed by atoms with Crippen LogP contribution in [0.2, 0.25) is 0 Å². The first-order chi connectivity index (χ1) is 11.1. The average molecular weight is 333 g/mol. The third kappa shape index (κ3) is 3.53.